The lowest BCUT2D eigenvalue weighted by Gasteiger charge is -2.04. The van der Waals surface area contributed by atoms with Gasteiger partial charge in [-0.2, -0.15) is 5.10 Å². The first-order chi connectivity index (χ1) is 8.22. The van der Waals surface area contributed by atoms with Crippen LogP contribution in [0.4, 0.5) is 0 Å². The van der Waals surface area contributed by atoms with E-state index in [0.717, 1.165) is 13.0 Å². The van der Waals surface area contributed by atoms with Crippen LogP contribution in [0.5, 0.6) is 0 Å². The number of aryl methyl sites for hydroxylation is 2. The molecule has 0 saturated heterocycles. The van der Waals surface area contributed by atoms with Gasteiger partial charge in [-0.15, -0.1) is 0 Å². The first kappa shape index (κ1) is 11.5. The molecule has 0 fully saturated rings. The van der Waals surface area contributed by atoms with E-state index in [4.69, 9.17) is 0 Å². The SMILES string of the molecule is CCCn1ncnc1CC(=O)c1cncn1C. The van der Waals surface area contributed by atoms with Crippen LogP contribution >= 0.6 is 0 Å². The predicted octanol–water partition coefficient (Wildman–Crippen LogP) is 0.847. The zero-order valence-electron chi connectivity index (χ0n) is 10.00. The van der Waals surface area contributed by atoms with Gasteiger partial charge in [0.2, 0.25) is 0 Å². The van der Waals surface area contributed by atoms with E-state index in [1.165, 1.54) is 6.33 Å². The van der Waals surface area contributed by atoms with Gasteiger partial charge in [0.05, 0.1) is 18.9 Å². The number of hydrogen-bond acceptors (Lipinski definition) is 4. The fourth-order valence-electron chi connectivity index (χ4n) is 1.68. The van der Waals surface area contributed by atoms with Gasteiger partial charge in [0, 0.05) is 13.6 Å². The van der Waals surface area contributed by atoms with Crippen LogP contribution in [0, 0.1) is 0 Å². The Morgan fingerprint density at radius 3 is 2.94 bits per heavy atom. The number of rotatable bonds is 5. The van der Waals surface area contributed by atoms with Crippen molar-refractivity contribution >= 4 is 5.78 Å². The van der Waals surface area contributed by atoms with Gasteiger partial charge in [-0.1, -0.05) is 6.92 Å². The molecule has 0 aliphatic carbocycles. The van der Waals surface area contributed by atoms with Gasteiger partial charge in [-0.05, 0) is 6.42 Å². The molecule has 2 heterocycles. The van der Waals surface area contributed by atoms with Crippen molar-refractivity contribution in [2.24, 2.45) is 7.05 Å². The van der Waals surface area contributed by atoms with Crippen LogP contribution in [0.2, 0.25) is 0 Å². The number of nitrogens with zero attached hydrogens (tertiary/aromatic N) is 5. The first-order valence-corrected chi connectivity index (χ1v) is 5.58. The average Bonchev–Trinajstić information content (AvgIpc) is 2.89. The Morgan fingerprint density at radius 1 is 1.47 bits per heavy atom. The first-order valence-electron chi connectivity index (χ1n) is 5.58. The molecule has 0 aliphatic rings. The van der Waals surface area contributed by atoms with Gasteiger partial charge in [0.25, 0.3) is 0 Å². The summed E-state index contributed by atoms with van der Waals surface area (Å²) in [5.74, 6) is 0.716. The quantitative estimate of drug-likeness (QED) is 0.718. The van der Waals surface area contributed by atoms with E-state index in [1.54, 1.807) is 28.8 Å². The summed E-state index contributed by atoms with van der Waals surface area (Å²) in [6, 6.07) is 0. The number of carbonyl (C=O) groups excluding carboxylic acids is 1. The maximum atomic E-state index is 12.0. The van der Waals surface area contributed by atoms with Crippen LogP contribution in [-0.2, 0) is 20.0 Å². The van der Waals surface area contributed by atoms with Crippen LogP contribution in [-0.4, -0.2) is 30.1 Å². The lowest BCUT2D eigenvalue weighted by atomic mass is 10.2. The molecule has 0 bridgehead atoms. The molecule has 0 unspecified atom stereocenters. The molecule has 6 heteroatoms. The smallest absolute Gasteiger partial charge is 0.188 e. The van der Waals surface area contributed by atoms with Gasteiger partial charge in [-0.3, -0.25) is 4.79 Å². The minimum absolute atomic E-state index is 0.00959. The van der Waals surface area contributed by atoms with Crippen LogP contribution in [0.1, 0.15) is 29.7 Å². The van der Waals surface area contributed by atoms with Gasteiger partial charge in [0.15, 0.2) is 5.78 Å². The van der Waals surface area contributed by atoms with Crippen molar-refractivity contribution in [1.29, 1.82) is 0 Å². The van der Waals surface area contributed by atoms with Gasteiger partial charge in [0.1, 0.15) is 17.8 Å². The van der Waals surface area contributed by atoms with Gasteiger partial charge < -0.3 is 4.57 Å². The van der Waals surface area contributed by atoms with E-state index in [2.05, 4.69) is 22.0 Å². The Labute approximate surface area is 99.3 Å². The summed E-state index contributed by atoms with van der Waals surface area (Å²) in [4.78, 5) is 20.1. The minimum atomic E-state index is 0.00959. The molecule has 0 N–H and O–H groups in total. The highest BCUT2D eigenvalue weighted by Gasteiger charge is 2.14. The summed E-state index contributed by atoms with van der Waals surface area (Å²) in [7, 11) is 1.80. The Balaban J connectivity index is 2.13. The van der Waals surface area contributed by atoms with E-state index < -0.39 is 0 Å². The second-order valence-electron chi connectivity index (χ2n) is 3.89. The molecular formula is C11H15N5O. The topological polar surface area (TPSA) is 65.6 Å². The highest BCUT2D eigenvalue weighted by molar-refractivity contribution is 5.95. The van der Waals surface area contributed by atoms with E-state index >= 15 is 0 Å². The molecule has 2 aromatic rings. The van der Waals surface area contributed by atoms with E-state index in [0.29, 0.717) is 11.5 Å². The van der Waals surface area contributed by atoms with E-state index in [9.17, 15) is 4.79 Å². The van der Waals surface area contributed by atoms with Crippen molar-refractivity contribution in [3.8, 4) is 0 Å². The zero-order chi connectivity index (χ0) is 12.3. The Morgan fingerprint density at radius 2 is 2.29 bits per heavy atom. The van der Waals surface area contributed by atoms with Crippen molar-refractivity contribution in [3.05, 3.63) is 30.4 Å². The number of Topliss-reactive ketones (excluding diaryl/α,β-unsaturated/α-hetero) is 1. The van der Waals surface area contributed by atoms with E-state index in [-0.39, 0.29) is 12.2 Å². The molecule has 0 atom stereocenters. The van der Waals surface area contributed by atoms with Crippen LogP contribution in [0.15, 0.2) is 18.9 Å². The number of aromatic nitrogens is 5. The van der Waals surface area contributed by atoms with Gasteiger partial charge in [-0.25, -0.2) is 14.6 Å². The van der Waals surface area contributed by atoms with Crippen molar-refractivity contribution in [2.45, 2.75) is 26.3 Å². The molecular weight excluding hydrogens is 218 g/mol. The second kappa shape index (κ2) is 4.90. The summed E-state index contributed by atoms with van der Waals surface area (Å²) in [6.07, 6.45) is 5.91. The summed E-state index contributed by atoms with van der Waals surface area (Å²) in [6.45, 7) is 2.85. The van der Waals surface area contributed by atoms with Crippen molar-refractivity contribution < 1.29 is 4.79 Å². The number of imidazole rings is 1. The summed E-state index contributed by atoms with van der Waals surface area (Å²) in [5.41, 5.74) is 0.594. The largest absolute Gasteiger partial charge is 0.331 e. The fraction of sp³-hybridized carbons (Fsp3) is 0.455. The lowest BCUT2D eigenvalue weighted by Crippen LogP contribution is -2.13. The van der Waals surface area contributed by atoms with Crippen molar-refractivity contribution in [3.63, 3.8) is 0 Å². The summed E-state index contributed by atoms with van der Waals surface area (Å²) < 4.78 is 3.48. The fourth-order valence-corrected chi connectivity index (χ4v) is 1.68. The predicted molar refractivity (Wildman–Crippen MR) is 61.6 cm³/mol. The highest BCUT2D eigenvalue weighted by Crippen LogP contribution is 2.04. The third-order valence-electron chi connectivity index (χ3n) is 2.55. The number of ketones is 1. The molecule has 2 aromatic heterocycles. The lowest BCUT2D eigenvalue weighted by molar-refractivity contribution is 0.0981. The Bertz CT molecular complexity index is 513. The van der Waals surface area contributed by atoms with Crippen molar-refractivity contribution in [2.75, 3.05) is 0 Å². The normalized spacial score (nSPS) is 10.7. The molecule has 0 radical (unpaired) electrons. The monoisotopic (exact) mass is 233 g/mol. The van der Waals surface area contributed by atoms with Crippen LogP contribution in [0.3, 0.4) is 0 Å². The molecule has 0 amide bonds. The third-order valence-corrected chi connectivity index (χ3v) is 2.55. The number of hydrogen-bond donors (Lipinski definition) is 0. The molecule has 0 spiro atoms. The third kappa shape index (κ3) is 2.41. The Kier molecular flexibility index (Phi) is 3.32. The maximum Gasteiger partial charge on any atom is 0.188 e. The molecule has 0 saturated carbocycles. The number of carbonyl (C=O) groups is 1. The molecule has 90 valence electrons. The summed E-state index contributed by atoms with van der Waals surface area (Å²) in [5, 5.41) is 4.09. The second-order valence-corrected chi connectivity index (χ2v) is 3.89. The molecule has 0 aliphatic heterocycles. The summed E-state index contributed by atoms with van der Waals surface area (Å²) >= 11 is 0. The van der Waals surface area contributed by atoms with Crippen LogP contribution in [0.25, 0.3) is 0 Å². The molecule has 2 rings (SSSR count). The highest BCUT2D eigenvalue weighted by atomic mass is 16.1. The zero-order valence-corrected chi connectivity index (χ0v) is 10.00. The average molecular weight is 233 g/mol. The Hall–Kier alpha value is -1.98. The van der Waals surface area contributed by atoms with E-state index in [1.807, 2.05) is 0 Å². The van der Waals surface area contributed by atoms with Crippen molar-refractivity contribution in [1.82, 2.24) is 24.3 Å². The van der Waals surface area contributed by atoms with Gasteiger partial charge >= 0.3 is 0 Å². The molecule has 17 heavy (non-hydrogen) atoms. The standard InChI is InChI=1S/C11H15N5O/c1-3-4-16-11(13-7-14-16)5-10(17)9-6-12-8-15(9)2/h6-8H,3-5H2,1-2H3. The maximum absolute atomic E-state index is 12.0. The molecule has 0 aromatic carbocycles. The minimum Gasteiger partial charge on any atom is -0.331 e. The molecule has 6 nitrogen and oxygen atoms in total. The van der Waals surface area contributed by atoms with Crippen LogP contribution < -0.4 is 0 Å².